The van der Waals surface area contributed by atoms with Crippen LogP contribution in [0.25, 0.3) is 0 Å². The van der Waals surface area contributed by atoms with Crippen molar-refractivity contribution < 1.29 is 5.11 Å². The Bertz CT molecular complexity index is 280. The zero-order chi connectivity index (χ0) is 10.6. The molecule has 1 fully saturated rings. The first-order chi connectivity index (χ1) is 6.61. The summed E-state index contributed by atoms with van der Waals surface area (Å²) >= 11 is 11.0. The largest absolute Gasteiger partial charge is 0.506 e. The van der Waals surface area contributed by atoms with Gasteiger partial charge in [-0.15, -0.1) is 0 Å². The van der Waals surface area contributed by atoms with Crippen LogP contribution in [-0.2, 0) is 0 Å². The van der Waals surface area contributed by atoms with Crippen LogP contribution in [0.4, 0.5) is 0 Å². The number of aromatic hydroxyl groups is 1. The van der Waals surface area contributed by atoms with Gasteiger partial charge >= 0.3 is 0 Å². The maximum Gasteiger partial charge on any atom is 0.135 e. The monoisotopic (exact) mass is 233 g/mol. The summed E-state index contributed by atoms with van der Waals surface area (Å²) in [6.45, 7) is 0. The lowest BCUT2D eigenvalue weighted by atomic mass is 9.95. The zero-order valence-corrected chi connectivity index (χ0v) is 9.22. The summed E-state index contributed by atoms with van der Waals surface area (Å²) in [7, 11) is 0. The second-order valence-electron chi connectivity index (χ2n) is 3.26. The van der Waals surface area contributed by atoms with Gasteiger partial charge in [-0.05, 0) is 25.0 Å². The summed E-state index contributed by atoms with van der Waals surface area (Å²) in [6, 6.07) is 5.29. The van der Waals surface area contributed by atoms with Crippen molar-refractivity contribution in [2.45, 2.75) is 25.3 Å². The number of hydrogen-bond acceptors (Lipinski definition) is 2. The number of hydrogen-bond donors (Lipinski definition) is 2. The lowest BCUT2D eigenvalue weighted by Crippen LogP contribution is -2.27. The highest BCUT2D eigenvalue weighted by Gasteiger charge is 2.09. The van der Waals surface area contributed by atoms with Gasteiger partial charge in [0.05, 0.1) is 5.02 Å². The van der Waals surface area contributed by atoms with E-state index in [1.807, 2.05) is 0 Å². The van der Waals surface area contributed by atoms with Crippen molar-refractivity contribution in [3.05, 3.63) is 28.2 Å². The van der Waals surface area contributed by atoms with E-state index in [2.05, 4.69) is 0 Å². The van der Waals surface area contributed by atoms with E-state index in [1.54, 1.807) is 12.1 Å². The van der Waals surface area contributed by atoms with E-state index >= 15 is 0 Å². The molecule has 1 aromatic carbocycles. The lowest BCUT2D eigenvalue weighted by Gasteiger charge is -2.18. The second kappa shape index (κ2) is 5.44. The number of benzene rings is 1. The Kier molecular flexibility index (Phi) is 4.52. The van der Waals surface area contributed by atoms with Crippen molar-refractivity contribution in [3.8, 4) is 5.75 Å². The van der Waals surface area contributed by atoms with Gasteiger partial charge in [0.1, 0.15) is 10.8 Å². The highest BCUT2D eigenvalue weighted by atomic mass is 35.5. The molecule has 1 saturated carbocycles. The Labute approximate surface area is 93.6 Å². The molecule has 0 heterocycles. The fraction of sp³-hybridized carbons (Fsp3) is 0.400. The normalized spacial score (nSPS) is 15.4. The molecule has 78 valence electrons. The minimum atomic E-state index is 0.0177. The minimum absolute atomic E-state index is 0.0177. The fourth-order valence-electron chi connectivity index (χ4n) is 0.932. The molecule has 0 aliphatic heterocycles. The molecule has 0 spiro atoms. The molecule has 1 aliphatic rings. The predicted octanol–water partition coefficient (Wildman–Crippen LogP) is 3.20. The summed E-state index contributed by atoms with van der Waals surface area (Å²) < 4.78 is 0. The summed E-state index contributed by atoms with van der Waals surface area (Å²) in [5.41, 5.74) is 5.38. The standard InChI is InChI=1S/C6H4Cl2O.C4H9N/c7-4-2-1-3-5(9)6(4)8;5-4-2-1-3-4/h1-3,9H;4H,1-3,5H2. The topological polar surface area (TPSA) is 46.2 Å². The van der Waals surface area contributed by atoms with E-state index in [0.717, 1.165) is 0 Å². The van der Waals surface area contributed by atoms with Gasteiger partial charge in [-0.3, -0.25) is 0 Å². The molecular formula is C10H13Cl2NO. The third-order valence-corrected chi connectivity index (χ3v) is 2.89. The molecule has 0 radical (unpaired) electrons. The van der Waals surface area contributed by atoms with Crippen molar-refractivity contribution in [2.75, 3.05) is 0 Å². The van der Waals surface area contributed by atoms with Crippen LogP contribution in [0.1, 0.15) is 19.3 Å². The summed E-state index contributed by atoms with van der Waals surface area (Å²) in [5, 5.41) is 9.46. The predicted molar refractivity (Wildman–Crippen MR) is 60.0 cm³/mol. The van der Waals surface area contributed by atoms with Crippen LogP contribution in [0.5, 0.6) is 5.75 Å². The molecule has 14 heavy (non-hydrogen) atoms. The zero-order valence-electron chi connectivity index (χ0n) is 7.71. The second-order valence-corrected chi connectivity index (χ2v) is 4.05. The van der Waals surface area contributed by atoms with Crippen LogP contribution in [0, 0.1) is 0 Å². The SMILES string of the molecule is NC1CCC1.Oc1cccc(Cl)c1Cl. The van der Waals surface area contributed by atoms with Gasteiger partial charge in [-0.1, -0.05) is 35.7 Å². The maximum atomic E-state index is 8.88. The van der Waals surface area contributed by atoms with Gasteiger partial charge in [-0.25, -0.2) is 0 Å². The first-order valence-corrected chi connectivity index (χ1v) is 5.25. The van der Waals surface area contributed by atoms with Crippen molar-refractivity contribution >= 4 is 23.2 Å². The van der Waals surface area contributed by atoms with E-state index in [4.69, 9.17) is 34.0 Å². The van der Waals surface area contributed by atoms with E-state index in [1.165, 1.54) is 25.3 Å². The van der Waals surface area contributed by atoms with Crippen LogP contribution in [0.2, 0.25) is 10.0 Å². The summed E-state index contributed by atoms with van der Waals surface area (Å²) in [6.07, 6.45) is 3.89. The summed E-state index contributed by atoms with van der Waals surface area (Å²) in [4.78, 5) is 0. The molecule has 0 unspecified atom stereocenters. The van der Waals surface area contributed by atoms with Crippen molar-refractivity contribution in [1.29, 1.82) is 0 Å². The van der Waals surface area contributed by atoms with Crippen molar-refractivity contribution in [2.24, 2.45) is 5.73 Å². The molecule has 1 aromatic rings. The lowest BCUT2D eigenvalue weighted by molar-refractivity contribution is 0.418. The van der Waals surface area contributed by atoms with Crippen LogP contribution in [-0.4, -0.2) is 11.1 Å². The van der Waals surface area contributed by atoms with Crippen LogP contribution < -0.4 is 5.73 Å². The Morgan fingerprint density at radius 3 is 2.14 bits per heavy atom. The Hall–Kier alpha value is -0.440. The third kappa shape index (κ3) is 3.37. The molecular weight excluding hydrogens is 221 g/mol. The van der Waals surface area contributed by atoms with E-state index in [9.17, 15) is 0 Å². The van der Waals surface area contributed by atoms with Gasteiger partial charge in [0.25, 0.3) is 0 Å². The van der Waals surface area contributed by atoms with Crippen LogP contribution >= 0.6 is 23.2 Å². The molecule has 0 atom stereocenters. The molecule has 2 nitrogen and oxygen atoms in total. The van der Waals surface area contributed by atoms with Crippen LogP contribution in [0.3, 0.4) is 0 Å². The molecule has 0 bridgehead atoms. The average Bonchev–Trinajstić information content (AvgIpc) is 2.12. The van der Waals surface area contributed by atoms with E-state index in [0.29, 0.717) is 11.1 Å². The highest BCUT2D eigenvalue weighted by Crippen LogP contribution is 2.29. The average molecular weight is 234 g/mol. The smallest absolute Gasteiger partial charge is 0.135 e. The maximum absolute atomic E-state index is 8.88. The number of phenols is 1. The van der Waals surface area contributed by atoms with Gasteiger partial charge < -0.3 is 10.8 Å². The minimum Gasteiger partial charge on any atom is -0.506 e. The molecule has 1 aliphatic carbocycles. The van der Waals surface area contributed by atoms with Gasteiger partial charge in [0, 0.05) is 6.04 Å². The molecule has 0 amide bonds. The van der Waals surface area contributed by atoms with E-state index in [-0.39, 0.29) is 10.8 Å². The molecule has 3 N–H and O–H groups in total. The molecule has 2 rings (SSSR count). The van der Waals surface area contributed by atoms with Gasteiger partial charge in [-0.2, -0.15) is 0 Å². The van der Waals surface area contributed by atoms with Gasteiger partial charge in [0.15, 0.2) is 0 Å². The first kappa shape index (κ1) is 11.6. The number of nitrogens with two attached hydrogens (primary N) is 1. The third-order valence-electron chi connectivity index (χ3n) is 2.08. The number of rotatable bonds is 0. The Morgan fingerprint density at radius 1 is 1.29 bits per heavy atom. The quantitative estimate of drug-likeness (QED) is 0.724. The van der Waals surface area contributed by atoms with Crippen LogP contribution in [0.15, 0.2) is 18.2 Å². The molecule has 4 heteroatoms. The molecule has 0 saturated heterocycles. The number of halogens is 2. The first-order valence-electron chi connectivity index (χ1n) is 4.50. The Morgan fingerprint density at radius 2 is 1.86 bits per heavy atom. The van der Waals surface area contributed by atoms with E-state index < -0.39 is 0 Å². The van der Waals surface area contributed by atoms with Crippen molar-refractivity contribution in [1.82, 2.24) is 0 Å². The number of phenolic OH excluding ortho intramolecular Hbond substituents is 1. The highest BCUT2D eigenvalue weighted by molar-refractivity contribution is 6.42. The van der Waals surface area contributed by atoms with Crippen molar-refractivity contribution in [3.63, 3.8) is 0 Å². The fourth-order valence-corrected chi connectivity index (χ4v) is 1.23. The van der Waals surface area contributed by atoms with Gasteiger partial charge in [0.2, 0.25) is 0 Å². The molecule has 0 aromatic heterocycles. The summed E-state index contributed by atoms with van der Waals surface area (Å²) in [5.74, 6) is 0.0177. The Balaban J connectivity index is 0.000000165.